The summed E-state index contributed by atoms with van der Waals surface area (Å²) in [7, 11) is 0. The van der Waals surface area contributed by atoms with E-state index >= 15 is 0 Å². The Kier molecular flexibility index (Phi) is 6.43. The summed E-state index contributed by atoms with van der Waals surface area (Å²) >= 11 is 0. The average molecular weight is 492 g/mol. The fourth-order valence-electron chi connectivity index (χ4n) is 4.58. The minimum absolute atomic E-state index is 0.129. The van der Waals surface area contributed by atoms with E-state index in [1.54, 1.807) is 19.1 Å². The maximum Gasteiger partial charge on any atom is 0.282 e. The van der Waals surface area contributed by atoms with Gasteiger partial charge in [-0.2, -0.15) is 5.01 Å². The second-order valence-electron chi connectivity index (χ2n) is 8.51. The molecule has 12 heteroatoms. The number of nitro groups is 2. The van der Waals surface area contributed by atoms with Crippen molar-refractivity contribution in [1.82, 2.24) is 10.0 Å². The van der Waals surface area contributed by atoms with Gasteiger partial charge in [0.25, 0.3) is 29.1 Å². The largest absolute Gasteiger partial charge is 0.292 e. The molecule has 12 nitrogen and oxygen atoms in total. The maximum atomic E-state index is 13.6. The number of ketones is 1. The molecule has 0 bridgehead atoms. The molecule has 4 rings (SSSR count). The molecule has 2 aliphatic rings. The van der Waals surface area contributed by atoms with Gasteiger partial charge in [-0.15, -0.1) is 0 Å². The number of amides is 3. The van der Waals surface area contributed by atoms with Gasteiger partial charge in [0.05, 0.1) is 21.7 Å². The number of benzene rings is 2. The molecule has 184 valence electrons. The molecule has 1 aliphatic carbocycles. The number of fused-ring (bicyclic) bond motifs is 1. The summed E-state index contributed by atoms with van der Waals surface area (Å²) in [5, 5.41) is 23.9. The molecule has 1 aliphatic heterocycles. The van der Waals surface area contributed by atoms with Crippen LogP contribution in [0.4, 0.5) is 11.4 Å². The molecule has 3 atom stereocenters. The summed E-state index contributed by atoms with van der Waals surface area (Å²) in [4.78, 5) is 74.5. The number of allylic oxidation sites excluding steroid dienone is 2. The molecule has 3 amide bonds. The lowest BCUT2D eigenvalue weighted by Gasteiger charge is -2.30. The Morgan fingerprint density at radius 1 is 1.03 bits per heavy atom. The highest BCUT2D eigenvalue weighted by molar-refractivity contribution is 6.10. The van der Waals surface area contributed by atoms with Gasteiger partial charge in [0.15, 0.2) is 5.78 Å². The number of non-ortho nitro benzene ring substituents is 1. The molecular formula is C24H20N4O8. The molecular weight excluding hydrogens is 472 g/mol. The van der Waals surface area contributed by atoms with Gasteiger partial charge in [0.1, 0.15) is 12.1 Å². The lowest BCUT2D eigenvalue weighted by molar-refractivity contribution is -0.385. The molecule has 1 fully saturated rings. The summed E-state index contributed by atoms with van der Waals surface area (Å²) in [5.74, 6) is -5.08. The zero-order valence-electron chi connectivity index (χ0n) is 19.0. The summed E-state index contributed by atoms with van der Waals surface area (Å²) in [6.45, 7) is 0.912. The van der Waals surface area contributed by atoms with Crippen molar-refractivity contribution in [3.8, 4) is 0 Å². The number of hydrogen-bond acceptors (Lipinski definition) is 8. The van der Waals surface area contributed by atoms with E-state index in [0.29, 0.717) is 10.0 Å². The molecule has 2 aromatic rings. The molecule has 0 saturated carbocycles. The van der Waals surface area contributed by atoms with E-state index < -0.39 is 63.0 Å². The first-order chi connectivity index (χ1) is 17.1. The molecule has 0 N–H and O–H groups in total. The summed E-state index contributed by atoms with van der Waals surface area (Å²) in [6.07, 6.45) is 3.82. The van der Waals surface area contributed by atoms with Crippen LogP contribution < -0.4 is 0 Å². The van der Waals surface area contributed by atoms with E-state index in [0.717, 1.165) is 18.2 Å². The molecule has 1 heterocycles. The monoisotopic (exact) mass is 492 g/mol. The molecule has 1 saturated heterocycles. The molecule has 0 unspecified atom stereocenters. The first-order valence-electron chi connectivity index (χ1n) is 11.0. The predicted molar refractivity (Wildman–Crippen MR) is 123 cm³/mol. The van der Waals surface area contributed by atoms with E-state index in [2.05, 4.69) is 0 Å². The van der Waals surface area contributed by atoms with Crippen LogP contribution in [0.1, 0.15) is 34.1 Å². The van der Waals surface area contributed by atoms with Gasteiger partial charge in [0, 0.05) is 23.8 Å². The minimum atomic E-state index is -1.10. The smallest absolute Gasteiger partial charge is 0.282 e. The van der Waals surface area contributed by atoms with Gasteiger partial charge in [-0.3, -0.25) is 39.4 Å². The van der Waals surface area contributed by atoms with Crippen LogP contribution in [-0.2, 0) is 9.59 Å². The standard InChI is InChI=1S/C24H20N4O8/c1-14-6-4-10-18-21(14)24(32)26(23(18)31)25(22(30)17-9-2-3-11-19(17)28(35)36)13-20(29)15-7-5-8-16(12-15)27(33)34/h2-9,11-12,14,18,21H,10,13H2,1H3/t14-,18-,21+/m1/s1. The van der Waals surface area contributed by atoms with Gasteiger partial charge in [-0.05, 0) is 18.4 Å². The zero-order valence-corrected chi connectivity index (χ0v) is 19.0. The fraction of sp³-hybridized carbons (Fsp3) is 0.250. The van der Waals surface area contributed by atoms with Crippen molar-refractivity contribution < 1.29 is 29.0 Å². The number of para-hydroxylation sites is 1. The fourth-order valence-corrected chi connectivity index (χ4v) is 4.58. The molecule has 36 heavy (non-hydrogen) atoms. The van der Waals surface area contributed by atoms with Gasteiger partial charge in [0.2, 0.25) is 0 Å². The number of Topliss-reactive ketones (excluding diaryl/α,β-unsaturated/α-hetero) is 1. The number of nitro benzene ring substituents is 2. The molecule has 0 radical (unpaired) electrons. The normalized spacial score (nSPS) is 20.7. The summed E-state index contributed by atoms with van der Waals surface area (Å²) in [5.41, 5.74) is -1.48. The average Bonchev–Trinajstić information content (AvgIpc) is 3.12. The van der Waals surface area contributed by atoms with E-state index in [1.807, 2.05) is 0 Å². The van der Waals surface area contributed by atoms with Gasteiger partial charge >= 0.3 is 0 Å². The Bertz CT molecular complexity index is 1340. The first kappa shape index (κ1) is 24.4. The van der Waals surface area contributed by atoms with Crippen molar-refractivity contribution in [3.05, 3.63) is 92.0 Å². The van der Waals surface area contributed by atoms with Gasteiger partial charge < -0.3 is 0 Å². The van der Waals surface area contributed by atoms with Crippen LogP contribution in [0.25, 0.3) is 0 Å². The minimum Gasteiger partial charge on any atom is -0.292 e. The Morgan fingerprint density at radius 3 is 2.42 bits per heavy atom. The summed E-state index contributed by atoms with van der Waals surface area (Å²) in [6, 6.07) is 9.74. The van der Waals surface area contributed by atoms with Crippen LogP contribution in [0.3, 0.4) is 0 Å². The van der Waals surface area contributed by atoms with Gasteiger partial charge in [-0.25, -0.2) is 5.01 Å². The Hall–Kier alpha value is -4.74. The van der Waals surface area contributed by atoms with Crippen LogP contribution in [0, 0.1) is 38.0 Å². The van der Waals surface area contributed by atoms with Crippen molar-refractivity contribution in [2.75, 3.05) is 6.54 Å². The third-order valence-corrected chi connectivity index (χ3v) is 6.33. The Labute approximate surface area is 204 Å². The topological polar surface area (TPSA) is 161 Å². The van der Waals surface area contributed by atoms with Crippen LogP contribution in [0.2, 0.25) is 0 Å². The van der Waals surface area contributed by atoms with Crippen LogP contribution in [0.15, 0.2) is 60.7 Å². The lowest BCUT2D eigenvalue weighted by Crippen LogP contribution is -2.52. The highest BCUT2D eigenvalue weighted by Gasteiger charge is 2.53. The van der Waals surface area contributed by atoms with Crippen LogP contribution in [-0.4, -0.2) is 49.9 Å². The number of hydrazine groups is 1. The van der Waals surface area contributed by atoms with E-state index in [4.69, 9.17) is 0 Å². The van der Waals surface area contributed by atoms with Crippen molar-refractivity contribution in [2.45, 2.75) is 13.3 Å². The van der Waals surface area contributed by atoms with Crippen molar-refractivity contribution >= 4 is 34.9 Å². The van der Waals surface area contributed by atoms with E-state index in [9.17, 15) is 39.4 Å². The third kappa shape index (κ3) is 4.24. The second-order valence-corrected chi connectivity index (χ2v) is 8.51. The number of nitrogens with zero attached hydrogens (tertiary/aromatic N) is 4. The maximum absolute atomic E-state index is 13.6. The number of imide groups is 1. The number of hydrogen-bond donors (Lipinski definition) is 0. The van der Waals surface area contributed by atoms with Crippen molar-refractivity contribution in [2.24, 2.45) is 17.8 Å². The quantitative estimate of drug-likeness (QED) is 0.187. The van der Waals surface area contributed by atoms with E-state index in [1.165, 1.54) is 30.3 Å². The number of carbonyl (C=O) groups excluding carboxylic acids is 4. The lowest BCUT2D eigenvalue weighted by atomic mass is 9.78. The molecule has 2 aromatic carbocycles. The van der Waals surface area contributed by atoms with E-state index in [-0.39, 0.29) is 23.6 Å². The van der Waals surface area contributed by atoms with Gasteiger partial charge in [-0.1, -0.05) is 43.3 Å². The SMILES string of the molecule is C[C@@H]1C=CC[C@H]2C(=O)N(N(CC(=O)c3cccc([N+](=O)[O-])c3)C(=O)c3ccccc3[N+](=O)[O-])C(=O)[C@@H]12. The molecule has 0 aromatic heterocycles. The summed E-state index contributed by atoms with van der Waals surface area (Å²) < 4.78 is 0. The molecule has 0 spiro atoms. The third-order valence-electron chi connectivity index (χ3n) is 6.33. The number of rotatable bonds is 7. The first-order valence-corrected chi connectivity index (χ1v) is 11.0. The van der Waals surface area contributed by atoms with Crippen molar-refractivity contribution in [1.29, 1.82) is 0 Å². The Balaban J connectivity index is 1.77. The van der Waals surface area contributed by atoms with Crippen molar-refractivity contribution in [3.63, 3.8) is 0 Å². The second kappa shape index (κ2) is 9.49. The number of carbonyl (C=O) groups is 4. The predicted octanol–water partition coefficient (Wildman–Crippen LogP) is 2.94. The Morgan fingerprint density at radius 2 is 1.75 bits per heavy atom. The highest BCUT2D eigenvalue weighted by Crippen LogP contribution is 2.39. The van der Waals surface area contributed by atoms with Crippen LogP contribution >= 0.6 is 0 Å². The van der Waals surface area contributed by atoms with Crippen LogP contribution in [0.5, 0.6) is 0 Å². The highest BCUT2D eigenvalue weighted by atomic mass is 16.6. The zero-order chi connectivity index (χ0) is 26.1.